The van der Waals surface area contributed by atoms with Crippen LogP contribution in [-0.2, 0) is 17.8 Å². The van der Waals surface area contributed by atoms with Gasteiger partial charge in [-0.3, -0.25) is 14.8 Å². The summed E-state index contributed by atoms with van der Waals surface area (Å²) in [6.07, 6.45) is 7.66. The van der Waals surface area contributed by atoms with Crippen molar-refractivity contribution in [2.75, 3.05) is 13.1 Å². The molecule has 1 aliphatic heterocycles. The molecule has 1 aliphatic carbocycles. The largest absolute Gasteiger partial charge is 0.341 e. The number of nitrogens with zero attached hydrogens (tertiary/aromatic N) is 3. The number of aryl methyl sites for hydroxylation is 1. The molecule has 1 N–H and O–H groups in total. The van der Waals surface area contributed by atoms with E-state index in [1.54, 1.807) is 0 Å². The van der Waals surface area contributed by atoms with E-state index >= 15 is 0 Å². The fourth-order valence-electron chi connectivity index (χ4n) is 3.65. The van der Waals surface area contributed by atoms with E-state index in [0.717, 1.165) is 45.3 Å². The van der Waals surface area contributed by atoms with E-state index in [9.17, 15) is 4.79 Å². The molecule has 116 valence electrons. The summed E-state index contributed by atoms with van der Waals surface area (Å²) in [5.74, 6) is 0.252. The van der Waals surface area contributed by atoms with Crippen LogP contribution in [0, 0.1) is 0 Å². The minimum Gasteiger partial charge on any atom is -0.341 e. The highest BCUT2D eigenvalue weighted by Crippen LogP contribution is 2.30. The van der Waals surface area contributed by atoms with Gasteiger partial charge in [0.15, 0.2) is 0 Å². The maximum Gasteiger partial charge on any atom is 0.239 e. The zero-order valence-electron chi connectivity index (χ0n) is 13.1. The Labute approximate surface area is 126 Å². The highest BCUT2D eigenvalue weighted by atomic mass is 16.2. The molecule has 0 aromatic carbocycles. The normalized spacial score (nSPS) is 23.1. The van der Waals surface area contributed by atoms with Crippen LogP contribution >= 0.6 is 0 Å². The average molecular weight is 290 g/mol. The van der Waals surface area contributed by atoms with Gasteiger partial charge in [0.05, 0.1) is 12.2 Å². The van der Waals surface area contributed by atoms with E-state index in [4.69, 9.17) is 0 Å². The molecule has 1 amide bonds. The average Bonchev–Trinajstić information content (AvgIpc) is 3.16. The van der Waals surface area contributed by atoms with Crippen molar-refractivity contribution in [3.05, 3.63) is 17.5 Å². The van der Waals surface area contributed by atoms with Crippen molar-refractivity contribution >= 4 is 5.91 Å². The second-order valence-corrected chi connectivity index (χ2v) is 6.23. The van der Waals surface area contributed by atoms with Crippen LogP contribution in [0.3, 0.4) is 0 Å². The molecule has 3 rings (SSSR count). The summed E-state index contributed by atoms with van der Waals surface area (Å²) in [5.41, 5.74) is 2.64. The minimum atomic E-state index is -0.107. The fraction of sp³-hybridized carbons (Fsp3) is 0.750. The summed E-state index contributed by atoms with van der Waals surface area (Å²) in [6, 6.07) is 0.166. The molecule has 2 aliphatic rings. The third-order valence-corrected chi connectivity index (χ3v) is 4.80. The monoisotopic (exact) mass is 290 g/mol. The zero-order chi connectivity index (χ0) is 14.8. The lowest BCUT2D eigenvalue weighted by Gasteiger charge is -2.29. The molecule has 1 aromatic heterocycles. The van der Waals surface area contributed by atoms with Crippen molar-refractivity contribution in [3.8, 4) is 0 Å². The number of likely N-dealkylation sites (tertiary alicyclic amines) is 1. The Morgan fingerprint density at radius 1 is 1.43 bits per heavy atom. The van der Waals surface area contributed by atoms with Gasteiger partial charge in [-0.05, 0) is 46.0 Å². The number of carbonyl (C=O) groups excluding carboxylic acids is 1. The van der Waals surface area contributed by atoms with Crippen LogP contribution in [0.5, 0.6) is 0 Å². The summed E-state index contributed by atoms with van der Waals surface area (Å²) >= 11 is 0. The van der Waals surface area contributed by atoms with Crippen LogP contribution in [0.4, 0.5) is 0 Å². The van der Waals surface area contributed by atoms with Crippen molar-refractivity contribution in [2.24, 2.45) is 0 Å². The first-order chi connectivity index (χ1) is 10.2. The van der Waals surface area contributed by atoms with Crippen LogP contribution in [0.15, 0.2) is 6.20 Å². The smallest absolute Gasteiger partial charge is 0.239 e. The SMILES string of the molecule is CCn1ncc2c1CCCC2NC(C)C(=O)N1CCCC1. The van der Waals surface area contributed by atoms with Crippen LogP contribution in [0.2, 0.25) is 0 Å². The van der Waals surface area contributed by atoms with Gasteiger partial charge >= 0.3 is 0 Å². The molecule has 1 saturated heterocycles. The Kier molecular flexibility index (Phi) is 4.29. The lowest BCUT2D eigenvalue weighted by Crippen LogP contribution is -2.45. The van der Waals surface area contributed by atoms with Crippen molar-refractivity contribution in [3.63, 3.8) is 0 Å². The Balaban J connectivity index is 1.68. The molecule has 0 bridgehead atoms. The lowest BCUT2D eigenvalue weighted by atomic mass is 9.92. The van der Waals surface area contributed by atoms with Crippen molar-refractivity contribution in [1.82, 2.24) is 20.0 Å². The number of fused-ring (bicyclic) bond motifs is 1. The fourth-order valence-corrected chi connectivity index (χ4v) is 3.65. The first kappa shape index (κ1) is 14.6. The van der Waals surface area contributed by atoms with Gasteiger partial charge in [0.1, 0.15) is 0 Å². The van der Waals surface area contributed by atoms with Crippen molar-refractivity contribution in [1.29, 1.82) is 0 Å². The third-order valence-electron chi connectivity index (χ3n) is 4.80. The molecule has 5 heteroatoms. The van der Waals surface area contributed by atoms with E-state index in [1.807, 2.05) is 18.0 Å². The first-order valence-corrected chi connectivity index (χ1v) is 8.30. The highest BCUT2D eigenvalue weighted by Gasteiger charge is 2.29. The number of hydrogen-bond acceptors (Lipinski definition) is 3. The Morgan fingerprint density at radius 3 is 2.90 bits per heavy atom. The van der Waals surface area contributed by atoms with E-state index < -0.39 is 0 Å². The number of aromatic nitrogens is 2. The topological polar surface area (TPSA) is 50.2 Å². The standard InChI is InChI=1S/C16H26N4O/c1-3-20-15-8-6-7-14(13(15)11-17-20)18-12(2)16(21)19-9-4-5-10-19/h11-12,14,18H,3-10H2,1-2H3. The summed E-state index contributed by atoms with van der Waals surface area (Å²) in [4.78, 5) is 14.4. The van der Waals surface area contributed by atoms with E-state index in [0.29, 0.717) is 0 Å². The Hall–Kier alpha value is -1.36. The van der Waals surface area contributed by atoms with Crippen LogP contribution in [0.25, 0.3) is 0 Å². The summed E-state index contributed by atoms with van der Waals surface area (Å²) in [7, 11) is 0. The number of carbonyl (C=O) groups is 1. The van der Waals surface area contributed by atoms with Crippen LogP contribution in [0.1, 0.15) is 56.8 Å². The maximum atomic E-state index is 12.4. The number of amides is 1. The zero-order valence-corrected chi connectivity index (χ0v) is 13.1. The third kappa shape index (κ3) is 2.84. The molecule has 2 atom stereocenters. The van der Waals surface area contributed by atoms with Gasteiger partial charge in [0.25, 0.3) is 0 Å². The van der Waals surface area contributed by atoms with Crippen molar-refractivity contribution < 1.29 is 4.79 Å². The number of rotatable bonds is 4. The van der Waals surface area contributed by atoms with Gasteiger partial charge in [-0.2, -0.15) is 5.10 Å². The van der Waals surface area contributed by atoms with Gasteiger partial charge in [-0.15, -0.1) is 0 Å². The Bertz CT molecular complexity index is 504. The van der Waals surface area contributed by atoms with Gasteiger partial charge < -0.3 is 4.90 Å². The Morgan fingerprint density at radius 2 is 2.19 bits per heavy atom. The molecule has 2 unspecified atom stereocenters. The van der Waals surface area contributed by atoms with E-state index in [-0.39, 0.29) is 18.0 Å². The van der Waals surface area contributed by atoms with Gasteiger partial charge in [-0.25, -0.2) is 0 Å². The molecular weight excluding hydrogens is 264 g/mol. The molecule has 0 saturated carbocycles. The van der Waals surface area contributed by atoms with Gasteiger partial charge in [0.2, 0.25) is 5.91 Å². The highest BCUT2D eigenvalue weighted by molar-refractivity contribution is 5.81. The molecule has 2 heterocycles. The molecule has 0 spiro atoms. The minimum absolute atomic E-state index is 0.107. The summed E-state index contributed by atoms with van der Waals surface area (Å²) in [5, 5.41) is 8.02. The second-order valence-electron chi connectivity index (χ2n) is 6.23. The molecular formula is C16H26N4O. The van der Waals surface area contributed by atoms with Gasteiger partial charge in [0, 0.05) is 36.9 Å². The molecule has 21 heavy (non-hydrogen) atoms. The number of nitrogens with one attached hydrogen (secondary N) is 1. The van der Waals surface area contributed by atoms with Crippen LogP contribution < -0.4 is 5.32 Å². The summed E-state index contributed by atoms with van der Waals surface area (Å²) in [6.45, 7) is 6.90. The quantitative estimate of drug-likeness (QED) is 0.921. The molecule has 1 fully saturated rings. The summed E-state index contributed by atoms with van der Waals surface area (Å²) < 4.78 is 2.09. The van der Waals surface area contributed by atoms with E-state index in [2.05, 4.69) is 22.0 Å². The molecule has 0 radical (unpaired) electrons. The van der Waals surface area contributed by atoms with Gasteiger partial charge in [-0.1, -0.05) is 0 Å². The predicted molar refractivity (Wildman–Crippen MR) is 82.0 cm³/mol. The van der Waals surface area contributed by atoms with Crippen LogP contribution in [-0.4, -0.2) is 39.7 Å². The maximum absolute atomic E-state index is 12.4. The second kappa shape index (κ2) is 6.18. The molecule has 1 aromatic rings. The van der Waals surface area contributed by atoms with E-state index in [1.165, 1.54) is 17.7 Å². The number of hydrogen-bond donors (Lipinski definition) is 1. The lowest BCUT2D eigenvalue weighted by molar-refractivity contribution is -0.132. The predicted octanol–water partition coefficient (Wildman–Crippen LogP) is 1.88. The van der Waals surface area contributed by atoms with Crippen molar-refractivity contribution in [2.45, 2.75) is 64.6 Å². The first-order valence-electron chi connectivity index (χ1n) is 8.30. The molecule has 5 nitrogen and oxygen atoms in total.